The Bertz CT molecular complexity index is 1630. The number of hydroxylamine groups is 3. The number of carbonyl (C=O) groups excluding carboxylic acids is 1. The number of nitrogens with one attached hydrogen (secondary N) is 2. The quantitative estimate of drug-likeness (QED) is 0.456. The number of fused-ring (bicyclic) bond motifs is 2. The first-order chi connectivity index (χ1) is 20.1. The number of hydrogen-bond donors (Lipinski definition) is 2. The van der Waals surface area contributed by atoms with Crippen molar-refractivity contribution in [3.05, 3.63) is 87.7 Å². The summed E-state index contributed by atoms with van der Waals surface area (Å²) in [5, 5.41) is 12.4. The fourth-order valence-corrected chi connectivity index (χ4v) is 6.85. The number of amides is 1. The number of carbonyl (C=O) groups is 1. The third-order valence-corrected chi connectivity index (χ3v) is 9.73. The molecule has 0 radical (unpaired) electrons. The van der Waals surface area contributed by atoms with Crippen LogP contribution >= 0.6 is 11.6 Å². The highest BCUT2D eigenvalue weighted by molar-refractivity contribution is 7.93. The van der Waals surface area contributed by atoms with Crippen molar-refractivity contribution in [2.75, 3.05) is 13.7 Å². The number of nitrogens with zero attached hydrogens (tertiary/aromatic N) is 6. The van der Waals surface area contributed by atoms with E-state index in [0.29, 0.717) is 35.5 Å². The van der Waals surface area contributed by atoms with Gasteiger partial charge in [-0.1, -0.05) is 28.9 Å². The van der Waals surface area contributed by atoms with Gasteiger partial charge in [0.1, 0.15) is 17.5 Å². The molecule has 13 nitrogen and oxygen atoms in total. The largest absolute Gasteiger partial charge is 0.493 e. The number of benzene rings is 1. The molecule has 5 heterocycles. The van der Waals surface area contributed by atoms with Gasteiger partial charge in [0, 0.05) is 49.6 Å². The molecule has 15 heteroatoms. The van der Waals surface area contributed by atoms with Crippen LogP contribution in [0.15, 0.2) is 70.9 Å². The predicted octanol–water partition coefficient (Wildman–Crippen LogP) is 2.21. The van der Waals surface area contributed by atoms with Gasteiger partial charge < -0.3 is 10.1 Å². The fraction of sp³-hybridized carbons (Fsp3) is 0.370. The van der Waals surface area contributed by atoms with Gasteiger partial charge in [0.15, 0.2) is 5.03 Å². The molecule has 0 spiro atoms. The summed E-state index contributed by atoms with van der Waals surface area (Å²) in [5.74, 6) is 0.320. The zero-order chi connectivity index (χ0) is 29.6. The number of halogens is 1. The average molecular weight is 615 g/mol. The molecule has 0 saturated carbocycles. The zero-order valence-electron chi connectivity index (χ0n) is 23.3. The summed E-state index contributed by atoms with van der Waals surface area (Å²) in [5.41, 5.74) is 5.45. The normalized spacial score (nSPS) is 21.8. The number of aromatic nitrogens is 3. The monoisotopic (exact) mass is 614 g/mol. The first kappa shape index (κ1) is 28.3. The SMILES string of the molecule is CC(C)N(C)Cc1ccc2c(c1)OCCC2n1cc(CC2C(=O)NC=CN2S(=O)(=O)C2=CC=C(Cl)C3=CNON32)nn1. The van der Waals surface area contributed by atoms with E-state index in [-0.39, 0.29) is 17.5 Å². The minimum absolute atomic E-state index is 0.00235. The highest BCUT2D eigenvalue weighted by atomic mass is 35.5. The van der Waals surface area contributed by atoms with Crippen LogP contribution in [0.1, 0.15) is 43.1 Å². The molecule has 2 aromatic rings. The van der Waals surface area contributed by atoms with E-state index in [2.05, 4.69) is 65.1 Å². The molecule has 4 aliphatic heterocycles. The van der Waals surface area contributed by atoms with E-state index in [1.165, 1.54) is 30.8 Å². The first-order valence-corrected chi connectivity index (χ1v) is 15.3. The van der Waals surface area contributed by atoms with Crippen LogP contribution in [0.5, 0.6) is 5.75 Å². The Labute approximate surface area is 248 Å². The number of rotatable bonds is 8. The van der Waals surface area contributed by atoms with Crippen molar-refractivity contribution in [3.63, 3.8) is 0 Å². The van der Waals surface area contributed by atoms with Crippen molar-refractivity contribution < 1.29 is 22.9 Å². The number of allylic oxidation sites excluding steroid dienone is 3. The van der Waals surface area contributed by atoms with Gasteiger partial charge in [-0.25, -0.2) is 10.2 Å². The minimum atomic E-state index is -4.25. The highest BCUT2D eigenvalue weighted by Gasteiger charge is 2.42. The maximum absolute atomic E-state index is 13.8. The molecule has 1 aromatic carbocycles. The standard InChI is InChI=1S/C27H31ClN8O5S/c1-17(2)33(3)15-18-4-5-20-22(8-11-40-25(20)12-18)34-16-19(31-32-34)13-23-27(37)29-9-10-35(23)42(38,39)26-7-6-21(28)24-14-30-41-36(24)26/h4-7,9-10,12,14,16-17,22-23,30H,8,11,13,15H2,1-3H3,(H,29,37). The lowest BCUT2D eigenvalue weighted by molar-refractivity contribution is -0.124. The van der Waals surface area contributed by atoms with Crippen molar-refractivity contribution in [3.8, 4) is 5.75 Å². The second-order valence-electron chi connectivity index (χ2n) is 10.7. The third-order valence-electron chi connectivity index (χ3n) is 7.65. The van der Waals surface area contributed by atoms with Gasteiger partial charge in [-0.15, -0.1) is 5.10 Å². The molecule has 0 fully saturated rings. The molecule has 0 saturated heterocycles. The predicted molar refractivity (Wildman–Crippen MR) is 153 cm³/mol. The van der Waals surface area contributed by atoms with E-state index in [1.807, 2.05) is 0 Å². The molecule has 6 rings (SSSR count). The van der Waals surface area contributed by atoms with Gasteiger partial charge in [-0.2, -0.15) is 18.4 Å². The van der Waals surface area contributed by atoms with E-state index in [4.69, 9.17) is 21.3 Å². The second kappa shape index (κ2) is 11.1. The maximum atomic E-state index is 13.8. The molecular formula is C27H31ClN8O5S. The Kier molecular flexibility index (Phi) is 7.47. The molecule has 4 aliphatic rings. The Morgan fingerprint density at radius 3 is 2.90 bits per heavy atom. The summed E-state index contributed by atoms with van der Waals surface area (Å²) in [7, 11) is -2.16. The van der Waals surface area contributed by atoms with Crippen LogP contribution in [0.2, 0.25) is 0 Å². The molecule has 222 valence electrons. The van der Waals surface area contributed by atoms with E-state index < -0.39 is 22.0 Å². The van der Waals surface area contributed by atoms with E-state index >= 15 is 0 Å². The summed E-state index contributed by atoms with van der Waals surface area (Å²) >= 11 is 6.19. The lowest BCUT2D eigenvalue weighted by Crippen LogP contribution is -2.51. The number of ether oxygens (including phenoxy) is 1. The second-order valence-corrected chi connectivity index (χ2v) is 12.9. The summed E-state index contributed by atoms with van der Waals surface area (Å²) in [6.45, 7) is 5.64. The Morgan fingerprint density at radius 2 is 2.10 bits per heavy atom. The van der Waals surface area contributed by atoms with Gasteiger partial charge in [-0.05, 0) is 44.7 Å². The van der Waals surface area contributed by atoms with Crippen LogP contribution in [0, 0.1) is 0 Å². The fourth-order valence-electron chi connectivity index (χ4n) is 5.12. The maximum Gasteiger partial charge on any atom is 0.282 e. The smallest absolute Gasteiger partial charge is 0.282 e. The van der Waals surface area contributed by atoms with E-state index in [9.17, 15) is 13.2 Å². The van der Waals surface area contributed by atoms with Crippen LogP contribution in [-0.4, -0.2) is 69.3 Å². The summed E-state index contributed by atoms with van der Waals surface area (Å²) in [6.07, 6.45) is 9.26. The van der Waals surface area contributed by atoms with Crippen molar-refractivity contribution in [2.24, 2.45) is 0 Å². The summed E-state index contributed by atoms with van der Waals surface area (Å²) in [4.78, 5) is 20.5. The molecule has 42 heavy (non-hydrogen) atoms. The zero-order valence-corrected chi connectivity index (χ0v) is 24.8. The Balaban J connectivity index is 1.23. The van der Waals surface area contributed by atoms with Crippen molar-refractivity contribution >= 4 is 27.5 Å². The molecule has 0 aliphatic carbocycles. The lowest BCUT2D eigenvalue weighted by atomic mass is 9.98. The molecule has 2 N–H and O–H groups in total. The molecular weight excluding hydrogens is 584 g/mol. The molecule has 2 atom stereocenters. The third kappa shape index (κ3) is 5.15. The average Bonchev–Trinajstić information content (AvgIpc) is 3.64. The van der Waals surface area contributed by atoms with Gasteiger partial charge in [0.2, 0.25) is 5.91 Å². The van der Waals surface area contributed by atoms with Crippen LogP contribution in [0.3, 0.4) is 0 Å². The van der Waals surface area contributed by atoms with Crippen LogP contribution in [0.4, 0.5) is 0 Å². The van der Waals surface area contributed by atoms with Gasteiger partial charge in [0.05, 0.1) is 29.6 Å². The van der Waals surface area contributed by atoms with Crippen molar-refractivity contribution in [1.29, 1.82) is 0 Å². The molecule has 1 aromatic heterocycles. The Hall–Kier alpha value is -3.85. The van der Waals surface area contributed by atoms with Gasteiger partial charge >= 0.3 is 0 Å². The van der Waals surface area contributed by atoms with Crippen LogP contribution < -0.4 is 15.5 Å². The summed E-state index contributed by atoms with van der Waals surface area (Å²) < 4.78 is 36.3. The molecule has 2 unspecified atom stereocenters. The van der Waals surface area contributed by atoms with Crippen molar-refractivity contribution in [2.45, 2.75) is 51.4 Å². The van der Waals surface area contributed by atoms with E-state index in [1.54, 1.807) is 10.9 Å². The summed E-state index contributed by atoms with van der Waals surface area (Å²) in [6, 6.07) is 5.43. The molecule has 0 bridgehead atoms. The van der Waals surface area contributed by atoms with Crippen LogP contribution in [0.25, 0.3) is 0 Å². The Morgan fingerprint density at radius 1 is 1.26 bits per heavy atom. The van der Waals surface area contributed by atoms with Gasteiger partial charge in [0.25, 0.3) is 10.0 Å². The minimum Gasteiger partial charge on any atom is -0.493 e. The topological polar surface area (TPSA) is 134 Å². The number of sulfonamides is 1. The number of hydrogen-bond acceptors (Lipinski definition) is 10. The van der Waals surface area contributed by atoms with Crippen LogP contribution in [-0.2, 0) is 32.7 Å². The lowest BCUT2D eigenvalue weighted by Gasteiger charge is -2.34. The van der Waals surface area contributed by atoms with Crippen molar-refractivity contribution in [1.82, 2.24) is 40.1 Å². The molecule has 1 amide bonds. The first-order valence-electron chi connectivity index (χ1n) is 13.5. The van der Waals surface area contributed by atoms with Gasteiger partial charge in [-0.3, -0.25) is 14.0 Å². The van der Waals surface area contributed by atoms with E-state index in [0.717, 1.165) is 32.8 Å². The highest BCUT2D eigenvalue weighted by Crippen LogP contribution is 2.37.